The molecule has 0 N–H and O–H groups in total. The average Bonchev–Trinajstić information content (AvgIpc) is 3.45. The molecular weight excluding hydrogens is 644 g/mol. The maximum absolute atomic E-state index is 13.5. The van der Waals surface area contributed by atoms with Crippen LogP contribution in [0.15, 0.2) is 11.6 Å². The lowest BCUT2D eigenvalue weighted by atomic mass is 9.47. The Balaban J connectivity index is 1.16. The average molecular weight is 713 g/mol. The van der Waals surface area contributed by atoms with Crippen molar-refractivity contribution < 1.29 is 33.4 Å². The minimum atomic E-state index is -0.526. The number of rotatable bonds is 9. The lowest BCUT2D eigenvalue weighted by Gasteiger charge is -2.58. The zero-order valence-corrected chi connectivity index (χ0v) is 32.7. The van der Waals surface area contributed by atoms with Crippen molar-refractivity contribution in [2.24, 2.45) is 46.3 Å². The number of hydrogen-bond acceptors (Lipinski definition) is 7. The van der Waals surface area contributed by atoms with Crippen molar-refractivity contribution in [1.82, 2.24) is 9.80 Å². The third-order valence-corrected chi connectivity index (χ3v) is 14.0. The lowest BCUT2D eigenvalue weighted by molar-refractivity contribution is -0.152. The van der Waals surface area contributed by atoms with Gasteiger partial charge in [-0.2, -0.15) is 0 Å². The van der Waals surface area contributed by atoms with Crippen LogP contribution in [0.2, 0.25) is 0 Å². The first-order valence-corrected chi connectivity index (χ1v) is 20.6. The van der Waals surface area contributed by atoms with E-state index in [1.54, 1.807) is 6.92 Å². The Morgan fingerprint density at radius 3 is 2.53 bits per heavy atom. The van der Waals surface area contributed by atoms with Crippen molar-refractivity contribution >= 4 is 23.9 Å². The number of fused-ring (bicyclic) bond motifs is 5. The minimum absolute atomic E-state index is 0.0659. The van der Waals surface area contributed by atoms with Crippen molar-refractivity contribution in [3.63, 3.8) is 0 Å². The monoisotopic (exact) mass is 713 g/mol. The Hall–Kier alpha value is -2.58. The lowest BCUT2D eigenvalue weighted by Crippen LogP contribution is -2.51. The van der Waals surface area contributed by atoms with Crippen LogP contribution in [-0.4, -0.2) is 72.8 Å². The fourth-order valence-electron chi connectivity index (χ4n) is 11.2. The third-order valence-electron chi connectivity index (χ3n) is 14.0. The number of hydrogen-bond donors (Lipinski definition) is 0. The van der Waals surface area contributed by atoms with Crippen LogP contribution in [0.5, 0.6) is 0 Å². The molecule has 9 nitrogen and oxygen atoms in total. The van der Waals surface area contributed by atoms with E-state index in [4.69, 9.17) is 14.2 Å². The Morgan fingerprint density at radius 1 is 0.961 bits per heavy atom. The number of ether oxygens (including phenoxy) is 3. The molecule has 1 heterocycles. The third kappa shape index (κ3) is 9.33. The molecule has 5 rings (SSSR count). The van der Waals surface area contributed by atoms with Gasteiger partial charge >= 0.3 is 18.0 Å². The van der Waals surface area contributed by atoms with E-state index in [9.17, 15) is 19.2 Å². The van der Waals surface area contributed by atoms with Crippen LogP contribution in [-0.2, 0) is 28.6 Å². The molecule has 4 fully saturated rings. The van der Waals surface area contributed by atoms with E-state index >= 15 is 0 Å². The van der Waals surface area contributed by atoms with Gasteiger partial charge in [0.05, 0.1) is 13.0 Å². The van der Waals surface area contributed by atoms with Crippen molar-refractivity contribution in [3.8, 4) is 0 Å². The molecule has 1 aliphatic heterocycles. The largest absolute Gasteiger partial charge is 0.465 e. The summed E-state index contributed by atoms with van der Waals surface area (Å²) in [6.07, 6.45) is 17.5. The minimum Gasteiger partial charge on any atom is -0.465 e. The molecule has 0 spiro atoms. The van der Waals surface area contributed by atoms with Crippen LogP contribution in [0.25, 0.3) is 0 Å². The first-order valence-electron chi connectivity index (χ1n) is 20.6. The SMILES string of the molecule is CCOC(=O)CN1CCC(=O)OCN(C(=O)O[C@H]2CC[C@@]3(C)C(=CCC4C3CC[C@@]3(C)C4CC[C@@H]3C(C)CCCC(C)C)C2)CCCCCC1=O. The molecule has 0 bridgehead atoms. The van der Waals surface area contributed by atoms with Crippen molar-refractivity contribution in [2.75, 3.05) is 33.0 Å². The quantitative estimate of drug-likeness (QED) is 0.134. The number of allylic oxidation sites excluding steroid dienone is 1. The van der Waals surface area contributed by atoms with E-state index in [0.717, 1.165) is 61.7 Å². The Morgan fingerprint density at radius 2 is 1.76 bits per heavy atom. The first-order chi connectivity index (χ1) is 24.4. The molecule has 0 aromatic heterocycles. The molecular formula is C42H68N2O7. The van der Waals surface area contributed by atoms with Crippen LogP contribution in [0.3, 0.4) is 0 Å². The summed E-state index contributed by atoms with van der Waals surface area (Å²) >= 11 is 0. The summed E-state index contributed by atoms with van der Waals surface area (Å²) in [5.74, 6) is 3.54. The smallest absolute Gasteiger partial charge is 0.412 e. The number of esters is 2. The van der Waals surface area contributed by atoms with Crippen LogP contribution < -0.4 is 0 Å². The summed E-state index contributed by atoms with van der Waals surface area (Å²) in [7, 11) is 0. The molecule has 8 atom stereocenters. The summed E-state index contributed by atoms with van der Waals surface area (Å²) < 4.78 is 16.7. The molecule has 3 saturated carbocycles. The van der Waals surface area contributed by atoms with E-state index in [0.29, 0.717) is 30.7 Å². The fraction of sp³-hybridized carbons (Fsp3) is 0.857. The van der Waals surface area contributed by atoms with Gasteiger partial charge in [-0.15, -0.1) is 0 Å². The molecule has 0 radical (unpaired) electrons. The van der Waals surface area contributed by atoms with Gasteiger partial charge in [0.1, 0.15) is 12.6 Å². The number of amides is 2. The molecule has 1 saturated heterocycles. The second-order valence-corrected chi connectivity index (χ2v) is 17.6. The maximum Gasteiger partial charge on any atom is 0.412 e. The van der Waals surface area contributed by atoms with E-state index in [2.05, 4.69) is 40.7 Å². The molecule has 51 heavy (non-hydrogen) atoms. The zero-order valence-electron chi connectivity index (χ0n) is 32.7. The van der Waals surface area contributed by atoms with E-state index in [1.165, 1.54) is 60.3 Å². The zero-order chi connectivity index (χ0) is 36.8. The molecule has 2 amide bonds. The van der Waals surface area contributed by atoms with Crippen molar-refractivity contribution in [3.05, 3.63) is 11.6 Å². The molecule has 5 aliphatic rings. The normalized spacial score (nSPS) is 34.1. The second kappa shape index (κ2) is 17.5. The Bertz CT molecular complexity index is 1270. The van der Waals surface area contributed by atoms with Gasteiger partial charge in [-0.05, 0) is 111 Å². The summed E-state index contributed by atoms with van der Waals surface area (Å²) in [6, 6.07) is 0. The van der Waals surface area contributed by atoms with Gasteiger partial charge in [0.15, 0.2) is 6.73 Å². The Kier molecular flexibility index (Phi) is 13.6. The maximum atomic E-state index is 13.5. The molecule has 288 valence electrons. The fourth-order valence-corrected chi connectivity index (χ4v) is 11.2. The first kappa shape index (κ1) is 39.6. The molecule has 4 aliphatic carbocycles. The summed E-state index contributed by atoms with van der Waals surface area (Å²) in [5, 5.41) is 0. The van der Waals surface area contributed by atoms with E-state index < -0.39 is 18.0 Å². The number of carbonyl (C=O) groups excluding carboxylic acids is 4. The van der Waals surface area contributed by atoms with Gasteiger partial charge in [0.2, 0.25) is 5.91 Å². The van der Waals surface area contributed by atoms with Crippen molar-refractivity contribution in [1.29, 1.82) is 0 Å². The highest BCUT2D eigenvalue weighted by molar-refractivity contribution is 5.82. The van der Waals surface area contributed by atoms with Gasteiger partial charge in [-0.25, -0.2) is 4.79 Å². The van der Waals surface area contributed by atoms with Gasteiger partial charge in [-0.1, -0.05) is 72.0 Å². The topological polar surface area (TPSA) is 102 Å². The Labute approximate surface area is 307 Å². The van der Waals surface area contributed by atoms with Crippen LogP contribution in [0.4, 0.5) is 4.79 Å². The van der Waals surface area contributed by atoms with Crippen LogP contribution in [0, 0.1) is 46.3 Å². The highest BCUT2D eigenvalue weighted by Gasteiger charge is 2.59. The predicted molar refractivity (Wildman–Crippen MR) is 197 cm³/mol. The molecule has 0 aromatic rings. The van der Waals surface area contributed by atoms with Crippen molar-refractivity contribution in [2.45, 2.75) is 150 Å². The molecule has 9 heteroatoms. The standard InChI is InChI=1S/C42H68N2O7/c1-7-49-39(47)27-43-25-21-38(46)50-28-44(24-10-8-9-14-37(43)45)40(48)51-32-19-22-41(5)31(26-32)15-16-33-35-18-17-34(30(4)13-11-12-29(2)3)42(35,6)23-20-36(33)41/h15,29-30,32-36H,7-14,16-28H2,1-6H3/t30?,32-,33?,34+,35?,36?,41-,42+/m0/s1. The van der Waals surface area contributed by atoms with Gasteiger partial charge in [-0.3, -0.25) is 19.3 Å². The van der Waals surface area contributed by atoms with E-state index in [1.807, 2.05) is 0 Å². The summed E-state index contributed by atoms with van der Waals surface area (Å²) in [5.41, 5.74) is 2.13. The highest BCUT2D eigenvalue weighted by atomic mass is 16.6. The van der Waals surface area contributed by atoms with Gasteiger partial charge in [0, 0.05) is 25.9 Å². The number of cyclic esters (lactones) is 1. The predicted octanol–water partition coefficient (Wildman–Crippen LogP) is 8.69. The van der Waals surface area contributed by atoms with E-state index in [-0.39, 0.29) is 56.7 Å². The molecule has 4 unspecified atom stereocenters. The van der Waals surface area contributed by atoms with Crippen LogP contribution in [0.1, 0.15) is 144 Å². The summed E-state index contributed by atoms with van der Waals surface area (Å²) in [4.78, 5) is 53.9. The van der Waals surface area contributed by atoms with Crippen LogP contribution >= 0.6 is 0 Å². The van der Waals surface area contributed by atoms with Gasteiger partial charge in [0.25, 0.3) is 0 Å². The van der Waals surface area contributed by atoms with Gasteiger partial charge < -0.3 is 19.1 Å². The second-order valence-electron chi connectivity index (χ2n) is 17.6. The highest BCUT2D eigenvalue weighted by Crippen LogP contribution is 2.67. The number of carbonyl (C=O) groups is 4. The summed E-state index contributed by atoms with van der Waals surface area (Å²) in [6.45, 7) is 14.4. The molecule has 0 aromatic carbocycles. The number of nitrogens with zero attached hydrogens (tertiary/aromatic N) is 2.